The Bertz CT molecular complexity index is 847. The van der Waals surface area contributed by atoms with Crippen LogP contribution in [0.1, 0.15) is 22.3 Å². The van der Waals surface area contributed by atoms with Gasteiger partial charge in [0, 0.05) is 24.3 Å². The highest BCUT2D eigenvalue weighted by Gasteiger charge is 2.35. The van der Waals surface area contributed by atoms with E-state index in [1.54, 1.807) is 11.0 Å². The molecule has 25 heavy (non-hydrogen) atoms. The van der Waals surface area contributed by atoms with Crippen LogP contribution in [0.2, 0.25) is 0 Å². The number of anilines is 2. The lowest BCUT2D eigenvalue weighted by Gasteiger charge is -2.19. The molecule has 0 unspecified atom stereocenters. The maximum Gasteiger partial charge on any atom is 0.229 e. The monoisotopic (exact) mass is 337 g/mol. The summed E-state index contributed by atoms with van der Waals surface area (Å²) in [7, 11) is 0. The Kier molecular flexibility index (Phi) is 4.52. The minimum Gasteiger partial charge on any atom is -0.545 e. The van der Waals surface area contributed by atoms with Crippen molar-refractivity contribution in [1.82, 2.24) is 0 Å². The van der Waals surface area contributed by atoms with Gasteiger partial charge >= 0.3 is 0 Å². The Hall–Kier alpha value is -3.15. The zero-order valence-corrected chi connectivity index (χ0v) is 13.7. The molecule has 1 aliphatic rings. The number of rotatable bonds is 4. The van der Waals surface area contributed by atoms with E-state index in [4.69, 9.17) is 0 Å². The highest BCUT2D eigenvalue weighted by molar-refractivity contribution is 6.04. The molecule has 1 saturated heterocycles. The van der Waals surface area contributed by atoms with Crippen LogP contribution in [0, 0.1) is 12.8 Å². The first-order chi connectivity index (χ1) is 12.0. The van der Waals surface area contributed by atoms with Gasteiger partial charge in [-0.15, -0.1) is 0 Å². The van der Waals surface area contributed by atoms with Crippen LogP contribution in [0.4, 0.5) is 11.4 Å². The zero-order chi connectivity index (χ0) is 18.0. The number of carbonyl (C=O) groups excluding carboxylic acids is 3. The number of benzene rings is 2. The number of aromatic carboxylic acids is 1. The van der Waals surface area contributed by atoms with E-state index in [1.807, 2.05) is 31.2 Å². The van der Waals surface area contributed by atoms with E-state index in [0.29, 0.717) is 12.2 Å². The Labute approximate surface area is 145 Å². The van der Waals surface area contributed by atoms with Gasteiger partial charge in [-0.2, -0.15) is 0 Å². The molecule has 0 radical (unpaired) electrons. The van der Waals surface area contributed by atoms with Crippen LogP contribution in [0.5, 0.6) is 0 Å². The molecule has 1 N–H and O–H groups in total. The molecule has 0 aliphatic carbocycles. The van der Waals surface area contributed by atoms with Crippen molar-refractivity contribution in [2.24, 2.45) is 5.92 Å². The SMILES string of the molecule is Cc1ccccc1N1C[C@@H](C(=O)Nc2cccc(C(=O)[O-])c2)CC1=O. The van der Waals surface area contributed by atoms with E-state index in [-0.39, 0.29) is 23.8 Å². The molecule has 1 heterocycles. The lowest BCUT2D eigenvalue weighted by molar-refractivity contribution is -0.255. The average Bonchev–Trinajstić information content (AvgIpc) is 2.97. The number of carboxylic acids is 1. The normalized spacial score (nSPS) is 16.8. The van der Waals surface area contributed by atoms with E-state index in [2.05, 4.69) is 5.32 Å². The van der Waals surface area contributed by atoms with Crippen molar-refractivity contribution in [2.75, 3.05) is 16.8 Å². The van der Waals surface area contributed by atoms with Gasteiger partial charge in [-0.25, -0.2) is 0 Å². The van der Waals surface area contributed by atoms with Gasteiger partial charge < -0.3 is 20.1 Å². The first-order valence-electron chi connectivity index (χ1n) is 7.94. The van der Waals surface area contributed by atoms with Crippen molar-refractivity contribution in [3.8, 4) is 0 Å². The van der Waals surface area contributed by atoms with Crippen molar-refractivity contribution >= 4 is 29.2 Å². The van der Waals surface area contributed by atoms with Crippen molar-refractivity contribution in [3.05, 3.63) is 59.7 Å². The first kappa shape index (κ1) is 16.7. The Morgan fingerprint density at radius 3 is 2.64 bits per heavy atom. The summed E-state index contributed by atoms with van der Waals surface area (Å²) >= 11 is 0. The van der Waals surface area contributed by atoms with E-state index in [1.165, 1.54) is 18.2 Å². The molecule has 1 aliphatic heterocycles. The number of para-hydroxylation sites is 1. The summed E-state index contributed by atoms with van der Waals surface area (Å²) in [5.41, 5.74) is 2.13. The molecule has 2 amide bonds. The molecule has 128 valence electrons. The third kappa shape index (κ3) is 3.52. The number of nitrogens with one attached hydrogen (secondary N) is 1. The second-order valence-electron chi connectivity index (χ2n) is 6.05. The minimum absolute atomic E-state index is 0.0122. The summed E-state index contributed by atoms with van der Waals surface area (Å²) in [4.78, 5) is 37.3. The Morgan fingerprint density at radius 1 is 1.16 bits per heavy atom. The highest BCUT2D eigenvalue weighted by atomic mass is 16.4. The smallest absolute Gasteiger partial charge is 0.229 e. The van der Waals surface area contributed by atoms with Gasteiger partial charge in [-0.05, 0) is 36.2 Å². The van der Waals surface area contributed by atoms with E-state index in [0.717, 1.165) is 11.3 Å². The molecule has 1 fully saturated rings. The molecule has 0 saturated carbocycles. The molecular formula is C19H17N2O4-. The van der Waals surface area contributed by atoms with E-state index in [9.17, 15) is 19.5 Å². The van der Waals surface area contributed by atoms with Gasteiger partial charge in [0.25, 0.3) is 0 Å². The van der Waals surface area contributed by atoms with Crippen LogP contribution in [0.15, 0.2) is 48.5 Å². The summed E-state index contributed by atoms with van der Waals surface area (Å²) in [6.45, 7) is 2.22. The van der Waals surface area contributed by atoms with Gasteiger partial charge in [0.15, 0.2) is 0 Å². The standard InChI is InChI=1S/C19H18N2O4/c1-12-5-2-3-8-16(12)21-11-14(10-17(21)22)18(23)20-15-7-4-6-13(9-15)19(24)25/h2-9,14H,10-11H2,1H3,(H,20,23)(H,24,25)/p-1/t14-/m0/s1. The maximum absolute atomic E-state index is 12.5. The van der Waals surface area contributed by atoms with E-state index < -0.39 is 11.9 Å². The third-order valence-corrected chi connectivity index (χ3v) is 4.27. The molecule has 0 bridgehead atoms. The fourth-order valence-corrected chi connectivity index (χ4v) is 2.95. The number of aryl methyl sites for hydroxylation is 1. The third-order valence-electron chi connectivity index (χ3n) is 4.27. The van der Waals surface area contributed by atoms with Crippen LogP contribution in [0.3, 0.4) is 0 Å². The van der Waals surface area contributed by atoms with Crippen molar-refractivity contribution in [2.45, 2.75) is 13.3 Å². The van der Waals surface area contributed by atoms with Gasteiger partial charge in [0.1, 0.15) is 0 Å². The second-order valence-corrected chi connectivity index (χ2v) is 6.05. The van der Waals surface area contributed by atoms with Crippen LogP contribution in [-0.2, 0) is 9.59 Å². The molecule has 2 aromatic rings. The zero-order valence-electron chi connectivity index (χ0n) is 13.7. The predicted molar refractivity (Wildman–Crippen MR) is 91.0 cm³/mol. The number of carboxylic acid groups (broad SMARTS) is 1. The molecule has 0 aromatic heterocycles. The van der Waals surface area contributed by atoms with Crippen LogP contribution in [-0.4, -0.2) is 24.3 Å². The van der Waals surface area contributed by atoms with Crippen LogP contribution in [0.25, 0.3) is 0 Å². The summed E-state index contributed by atoms with van der Waals surface area (Å²) in [6, 6.07) is 13.4. The number of hydrogen-bond donors (Lipinski definition) is 1. The molecule has 3 rings (SSSR count). The summed E-state index contributed by atoms with van der Waals surface area (Å²) < 4.78 is 0. The fraction of sp³-hybridized carbons (Fsp3) is 0.211. The summed E-state index contributed by atoms with van der Waals surface area (Å²) in [5.74, 6) is -2.20. The van der Waals surface area contributed by atoms with Crippen LogP contribution >= 0.6 is 0 Å². The largest absolute Gasteiger partial charge is 0.545 e. The van der Waals surface area contributed by atoms with E-state index >= 15 is 0 Å². The molecular weight excluding hydrogens is 320 g/mol. The maximum atomic E-state index is 12.5. The lowest BCUT2D eigenvalue weighted by Crippen LogP contribution is -2.28. The Morgan fingerprint density at radius 2 is 1.92 bits per heavy atom. The van der Waals surface area contributed by atoms with Gasteiger partial charge in [-0.3, -0.25) is 9.59 Å². The number of hydrogen-bond acceptors (Lipinski definition) is 4. The van der Waals surface area contributed by atoms with Crippen molar-refractivity contribution in [1.29, 1.82) is 0 Å². The molecule has 6 heteroatoms. The first-order valence-corrected chi connectivity index (χ1v) is 7.94. The second kappa shape index (κ2) is 6.76. The predicted octanol–water partition coefficient (Wildman–Crippen LogP) is 1.35. The number of amides is 2. The summed E-state index contributed by atoms with van der Waals surface area (Å²) in [5, 5.41) is 13.6. The molecule has 0 spiro atoms. The fourth-order valence-electron chi connectivity index (χ4n) is 2.95. The number of nitrogens with zero attached hydrogens (tertiary/aromatic N) is 1. The Balaban J connectivity index is 1.72. The van der Waals surface area contributed by atoms with Crippen molar-refractivity contribution < 1.29 is 19.5 Å². The average molecular weight is 337 g/mol. The molecule has 6 nitrogen and oxygen atoms in total. The molecule has 2 aromatic carbocycles. The summed E-state index contributed by atoms with van der Waals surface area (Å²) in [6.07, 6.45) is 0.125. The highest BCUT2D eigenvalue weighted by Crippen LogP contribution is 2.28. The molecule has 1 atom stereocenters. The van der Waals surface area contributed by atoms with Crippen LogP contribution < -0.4 is 15.3 Å². The quantitative estimate of drug-likeness (QED) is 0.912. The minimum atomic E-state index is -1.31. The lowest BCUT2D eigenvalue weighted by atomic mass is 10.1. The van der Waals surface area contributed by atoms with Gasteiger partial charge in [-0.1, -0.05) is 30.3 Å². The topological polar surface area (TPSA) is 89.5 Å². The number of carbonyl (C=O) groups is 3. The van der Waals surface area contributed by atoms with Gasteiger partial charge in [0.2, 0.25) is 11.8 Å². The van der Waals surface area contributed by atoms with Crippen molar-refractivity contribution in [3.63, 3.8) is 0 Å². The van der Waals surface area contributed by atoms with Gasteiger partial charge in [0.05, 0.1) is 11.9 Å².